The number of fused-ring (bicyclic) bond motifs is 2. The van der Waals surface area contributed by atoms with Crippen LogP contribution in [0, 0.1) is 11.7 Å². The number of hydrogen-bond acceptors (Lipinski definition) is 7. The monoisotopic (exact) mass is 781 g/mol. The molecule has 3 N–H and O–H groups in total. The lowest BCUT2D eigenvalue weighted by Crippen LogP contribution is -2.50. The van der Waals surface area contributed by atoms with Crippen LogP contribution in [-0.4, -0.2) is 64.6 Å². The van der Waals surface area contributed by atoms with Crippen LogP contribution >= 0.6 is 0 Å². The fourth-order valence-electron chi connectivity index (χ4n) is 7.81. The van der Waals surface area contributed by atoms with Gasteiger partial charge in [0.25, 0.3) is 5.91 Å². The summed E-state index contributed by atoms with van der Waals surface area (Å²) in [5, 5.41) is 8.56. The largest absolute Gasteiger partial charge is 0.427 e. The van der Waals surface area contributed by atoms with E-state index in [2.05, 4.69) is 16.0 Å². The van der Waals surface area contributed by atoms with Crippen LogP contribution in [0.2, 0.25) is 0 Å². The molecule has 1 saturated carbocycles. The number of amides is 6. The van der Waals surface area contributed by atoms with Crippen molar-refractivity contribution in [1.82, 2.24) is 15.1 Å². The van der Waals surface area contributed by atoms with Crippen molar-refractivity contribution < 1.29 is 37.9 Å². The summed E-state index contributed by atoms with van der Waals surface area (Å²) in [7, 11) is 0. The maximum atomic E-state index is 13.9. The lowest BCUT2D eigenvalue weighted by molar-refractivity contribution is -0.143. The third-order valence-electron chi connectivity index (χ3n) is 11.3. The van der Waals surface area contributed by atoms with Gasteiger partial charge in [-0.2, -0.15) is 0 Å². The second kappa shape index (κ2) is 18.6. The summed E-state index contributed by atoms with van der Waals surface area (Å²) in [5.41, 5.74) is 2.53. The first-order valence-electron chi connectivity index (χ1n) is 20.1. The summed E-state index contributed by atoms with van der Waals surface area (Å²) < 4.78 is 19.4. The molecule has 3 aromatic carbocycles. The average molecular weight is 782 g/mol. The molecule has 0 unspecified atom stereocenters. The van der Waals surface area contributed by atoms with Gasteiger partial charge in [-0.1, -0.05) is 68.9 Å². The Labute approximate surface area is 332 Å². The van der Waals surface area contributed by atoms with E-state index in [1.807, 2.05) is 24.3 Å². The molecule has 3 aliphatic rings. The highest BCUT2D eigenvalue weighted by atomic mass is 19.1. The second-order valence-electron chi connectivity index (χ2n) is 15.6. The summed E-state index contributed by atoms with van der Waals surface area (Å²) >= 11 is 0. The molecule has 3 aromatic rings. The highest BCUT2D eigenvalue weighted by Gasteiger charge is 2.58. The van der Waals surface area contributed by atoms with Crippen molar-refractivity contribution in [3.8, 4) is 0 Å². The number of nitrogens with one attached hydrogen (secondary N) is 3. The Hall–Kier alpha value is -5.59. The van der Waals surface area contributed by atoms with Crippen LogP contribution in [-0.2, 0) is 53.7 Å². The Morgan fingerprint density at radius 2 is 1.61 bits per heavy atom. The lowest BCUT2D eigenvalue weighted by atomic mass is 9.82. The molecule has 6 amide bonds. The average Bonchev–Trinajstić information content (AvgIpc) is 3.64. The van der Waals surface area contributed by atoms with Gasteiger partial charge in [-0.25, -0.2) is 14.1 Å². The van der Waals surface area contributed by atoms with Crippen molar-refractivity contribution >= 4 is 47.0 Å². The number of rotatable bonds is 18. The number of halogens is 1. The minimum atomic E-state index is -1.56. The van der Waals surface area contributed by atoms with Crippen LogP contribution in [0.4, 0.5) is 20.6 Å². The summed E-state index contributed by atoms with van der Waals surface area (Å²) in [4.78, 5) is 80.2. The Morgan fingerprint density at radius 3 is 2.32 bits per heavy atom. The van der Waals surface area contributed by atoms with E-state index < -0.39 is 41.9 Å². The van der Waals surface area contributed by atoms with Crippen molar-refractivity contribution in [2.24, 2.45) is 5.92 Å². The quantitative estimate of drug-likeness (QED) is 0.121. The zero-order chi connectivity index (χ0) is 40.5. The number of carbonyl (C=O) groups excluding carboxylic acids is 6. The Balaban J connectivity index is 1.00. The molecule has 1 saturated heterocycles. The predicted molar refractivity (Wildman–Crippen MR) is 212 cm³/mol. The molecule has 0 bridgehead atoms. The molecule has 2 fully saturated rings. The first-order valence-corrected chi connectivity index (χ1v) is 20.1. The summed E-state index contributed by atoms with van der Waals surface area (Å²) in [6.45, 7) is 2.68. The number of benzene rings is 3. The van der Waals surface area contributed by atoms with Crippen molar-refractivity contribution in [2.75, 3.05) is 23.7 Å². The number of unbranched alkanes of at least 4 members (excludes halogenated alkanes) is 2. The highest BCUT2D eigenvalue weighted by Crippen LogP contribution is 2.46. The zero-order valence-corrected chi connectivity index (χ0v) is 32.7. The van der Waals surface area contributed by atoms with Gasteiger partial charge in [-0.05, 0) is 85.2 Å². The Bertz CT molecular complexity index is 1970. The van der Waals surface area contributed by atoms with Crippen molar-refractivity contribution in [3.63, 3.8) is 0 Å². The van der Waals surface area contributed by atoms with Crippen molar-refractivity contribution in [3.05, 3.63) is 94.8 Å². The smallest absolute Gasteiger partial charge is 0.418 e. The maximum Gasteiger partial charge on any atom is 0.418 e. The molecule has 13 heteroatoms. The molecule has 2 aliphatic carbocycles. The summed E-state index contributed by atoms with van der Waals surface area (Å²) in [6, 6.07) is 17.6. The van der Waals surface area contributed by atoms with Crippen molar-refractivity contribution in [2.45, 2.75) is 109 Å². The third kappa shape index (κ3) is 10.4. The standard InChI is InChI=1S/C44H52FN5O7/c1-29(26-46-39(52)22-15-32-13-18-36(19-14-32)48-40(53)10-5-3-4-7-31-8-6-9-31)49(27-33-11-16-35(45)17-12-33)41(54)28-50-42(55)44(57-43(50)56)24-23-34-25-37(47-30(2)51)20-21-38(34)44/h11-14,16-21,25,29,31H,3-10,15,22-24,26-28H2,1-2H3,(H,46,52)(H,47,51)(H,48,53)/t29-,44+/m0/s1. The Kier molecular flexibility index (Phi) is 13.4. The molecule has 302 valence electrons. The molecule has 1 spiro atoms. The molecule has 1 aliphatic heterocycles. The number of carbonyl (C=O) groups is 6. The fraction of sp³-hybridized carbons (Fsp3) is 0.455. The Morgan fingerprint density at radius 1 is 0.895 bits per heavy atom. The minimum Gasteiger partial charge on any atom is -0.427 e. The molecule has 2 atom stereocenters. The van der Waals surface area contributed by atoms with Crippen LogP contribution in [0.25, 0.3) is 0 Å². The predicted octanol–water partition coefficient (Wildman–Crippen LogP) is 6.76. The van der Waals surface area contributed by atoms with E-state index >= 15 is 0 Å². The maximum absolute atomic E-state index is 13.9. The van der Waals surface area contributed by atoms with E-state index in [0.717, 1.165) is 34.8 Å². The van der Waals surface area contributed by atoms with Gasteiger partial charge in [0.15, 0.2) is 0 Å². The number of imide groups is 1. The number of ether oxygens (including phenoxy) is 1. The molecule has 0 radical (unpaired) electrons. The first kappa shape index (κ1) is 41.1. The molecule has 57 heavy (non-hydrogen) atoms. The van der Waals surface area contributed by atoms with Crippen LogP contribution in [0.15, 0.2) is 66.7 Å². The van der Waals surface area contributed by atoms with Gasteiger partial charge in [-0.15, -0.1) is 0 Å². The summed E-state index contributed by atoms with van der Waals surface area (Å²) in [6.07, 6.45) is 9.35. The first-order chi connectivity index (χ1) is 27.4. The van der Waals surface area contributed by atoms with E-state index in [-0.39, 0.29) is 43.7 Å². The SMILES string of the molecule is CC(=O)Nc1ccc2c(c1)CC[C@@]21OC(=O)N(CC(=O)N(Cc2ccc(F)cc2)[C@@H](C)CNC(=O)CCc2ccc(NC(=O)CCCCCC3CCC3)cc2)C1=O. The van der Waals surface area contributed by atoms with Crippen LogP contribution in [0.1, 0.15) is 100 Å². The lowest BCUT2D eigenvalue weighted by Gasteiger charge is -2.31. The van der Waals surface area contributed by atoms with Gasteiger partial charge in [0.1, 0.15) is 12.4 Å². The molecule has 1 heterocycles. The topological polar surface area (TPSA) is 154 Å². The number of aryl methyl sites for hydroxylation is 2. The molecule has 6 rings (SSSR count). The second-order valence-corrected chi connectivity index (χ2v) is 15.6. The molecule has 12 nitrogen and oxygen atoms in total. The van der Waals surface area contributed by atoms with Gasteiger partial charge in [0.2, 0.25) is 29.2 Å². The van der Waals surface area contributed by atoms with Gasteiger partial charge in [-0.3, -0.25) is 24.0 Å². The van der Waals surface area contributed by atoms with Crippen LogP contribution in [0.3, 0.4) is 0 Å². The fourth-order valence-corrected chi connectivity index (χ4v) is 7.81. The minimum absolute atomic E-state index is 0.00145. The van der Waals surface area contributed by atoms with Crippen LogP contribution < -0.4 is 16.0 Å². The van der Waals surface area contributed by atoms with Gasteiger partial charge >= 0.3 is 6.09 Å². The van der Waals surface area contributed by atoms with Gasteiger partial charge < -0.3 is 25.6 Å². The third-order valence-corrected chi connectivity index (χ3v) is 11.3. The van der Waals surface area contributed by atoms with E-state index in [0.29, 0.717) is 41.8 Å². The van der Waals surface area contributed by atoms with E-state index in [1.54, 1.807) is 37.3 Å². The highest BCUT2D eigenvalue weighted by molar-refractivity contribution is 6.06. The molecular weight excluding hydrogens is 730 g/mol. The molecule has 0 aromatic heterocycles. The van der Waals surface area contributed by atoms with E-state index in [1.165, 1.54) is 56.1 Å². The van der Waals surface area contributed by atoms with E-state index in [9.17, 15) is 33.2 Å². The molecular formula is C44H52FN5O7. The number of hydrogen-bond donors (Lipinski definition) is 3. The number of nitrogens with zero attached hydrogens (tertiary/aromatic N) is 2. The van der Waals surface area contributed by atoms with Gasteiger partial charge in [0, 0.05) is 62.3 Å². The van der Waals surface area contributed by atoms with E-state index in [4.69, 9.17) is 4.74 Å². The van der Waals surface area contributed by atoms with Gasteiger partial charge in [0.05, 0.1) is 0 Å². The van der Waals surface area contributed by atoms with Crippen molar-refractivity contribution in [1.29, 1.82) is 0 Å². The normalized spacial score (nSPS) is 17.8. The summed E-state index contributed by atoms with van der Waals surface area (Å²) in [5.74, 6) is -1.21. The zero-order valence-electron chi connectivity index (χ0n) is 32.7. The number of anilines is 2. The van der Waals surface area contributed by atoms with Crippen LogP contribution in [0.5, 0.6) is 0 Å².